The van der Waals surface area contributed by atoms with E-state index in [0.717, 1.165) is 11.3 Å². The number of thioether (sulfide) groups is 1. The standard InChI is InChI=1S/C13H9N3OS2/c17-12-11(19-13(18)15-12)7-9-1-3-10(4-2-9)16-6-5-14-8-16/h1-8H,(H,15,17,18)/b11-7+. The number of hydrogen-bond acceptors (Lipinski definition) is 4. The van der Waals surface area contributed by atoms with Gasteiger partial charge in [-0.25, -0.2) is 4.98 Å². The lowest BCUT2D eigenvalue weighted by Crippen LogP contribution is -2.17. The van der Waals surface area contributed by atoms with Crippen LogP contribution in [0.3, 0.4) is 0 Å². The smallest absolute Gasteiger partial charge is 0.263 e. The monoisotopic (exact) mass is 287 g/mol. The fourth-order valence-electron chi connectivity index (χ4n) is 1.73. The van der Waals surface area contributed by atoms with Crippen molar-refractivity contribution in [3.63, 3.8) is 0 Å². The van der Waals surface area contributed by atoms with Gasteiger partial charge < -0.3 is 9.88 Å². The highest BCUT2D eigenvalue weighted by molar-refractivity contribution is 8.26. The Labute approximate surface area is 119 Å². The zero-order valence-electron chi connectivity index (χ0n) is 9.74. The van der Waals surface area contributed by atoms with Gasteiger partial charge in [-0.05, 0) is 23.8 Å². The lowest BCUT2D eigenvalue weighted by Gasteiger charge is -2.02. The van der Waals surface area contributed by atoms with Crippen LogP contribution in [-0.4, -0.2) is 19.8 Å². The van der Waals surface area contributed by atoms with Gasteiger partial charge in [-0.3, -0.25) is 4.79 Å². The maximum Gasteiger partial charge on any atom is 0.263 e. The van der Waals surface area contributed by atoms with Gasteiger partial charge in [0.05, 0.1) is 11.2 Å². The first kappa shape index (κ1) is 12.1. The summed E-state index contributed by atoms with van der Waals surface area (Å²) in [5.74, 6) is -0.131. The Morgan fingerprint density at radius 3 is 2.68 bits per heavy atom. The fourth-order valence-corrected chi connectivity index (χ4v) is 2.77. The molecule has 1 aliphatic heterocycles. The van der Waals surface area contributed by atoms with E-state index in [0.29, 0.717) is 9.23 Å². The molecule has 3 rings (SSSR count). The Kier molecular flexibility index (Phi) is 3.18. The van der Waals surface area contributed by atoms with Crippen molar-refractivity contribution in [3.05, 3.63) is 53.5 Å². The van der Waals surface area contributed by atoms with Crippen molar-refractivity contribution in [3.8, 4) is 5.69 Å². The summed E-state index contributed by atoms with van der Waals surface area (Å²) in [6.07, 6.45) is 7.19. The first-order chi connectivity index (χ1) is 9.22. The third-order valence-electron chi connectivity index (χ3n) is 2.64. The van der Waals surface area contributed by atoms with Crippen LogP contribution in [0.2, 0.25) is 0 Å². The molecule has 1 aromatic carbocycles. The van der Waals surface area contributed by atoms with E-state index < -0.39 is 0 Å². The van der Waals surface area contributed by atoms with E-state index in [9.17, 15) is 4.79 Å². The first-order valence-corrected chi connectivity index (χ1v) is 6.78. The molecule has 1 saturated heterocycles. The van der Waals surface area contributed by atoms with Gasteiger partial charge in [0.25, 0.3) is 5.91 Å². The predicted octanol–water partition coefficient (Wildman–Crippen LogP) is 2.36. The maximum absolute atomic E-state index is 11.5. The molecular formula is C13H9N3OS2. The van der Waals surface area contributed by atoms with E-state index in [-0.39, 0.29) is 5.91 Å². The minimum Gasteiger partial charge on any atom is -0.307 e. The van der Waals surface area contributed by atoms with E-state index >= 15 is 0 Å². The molecule has 0 radical (unpaired) electrons. The molecule has 4 nitrogen and oxygen atoms in total. The van der Waals surface area contributed by atoms with Gasteiger partial charge >= 0.3 is 0 Å². The van der Waals surface area contributed by atoms with Crippen LogP contribution in [0.1, 0.15) is 5.56 Å². The van der Waals surface area contributed by atoms with Crippen LogP contribution in [0.15, 0.2) is 47.9 Å². The number of nitrogens with zero attached hydrogens (tertiary/aromatic N) is 2. The van der Waals surface area contributed by atoms with Crippen molar-refractivity contribution in [1.29, 1.82) is 0 Å². The SMILES string of the molecule is O=C1NC(=S)S/C1=C/c1ccc(-n2ccnc2)cc1. The molecule has 19 heavy (non-hydrogen) atoms. The molecule has 2 heterocycles. The molecule has 0 atom stereocenters. The maximum atomic E-state index is 11.5. The molecule has 1 N–H and O–H groups in total. The summed E-state index contributed by atoms with van der Waals surface area (Å²) in [6.45, 7) is 0. The summed E-state index contributed by atoms with van der Waals surface area (Å²) in [5, 5.41) is 2.60. The molecule has 0 saturated carbocycles. The Hall–Kier alpha value is -1.92. The van der Waals surface area contributed by atoms with E-state index in [1.807, 2.05) is 41.1 Å². The summed E-state index contributed by atoms with van der Waals surface area (Å²) in [6, 6.07) is 7.86. The number of thiocarbonyl (C=S) groups is 1. The lowest BCUT2D eigenvalue weighted by atomic mass is 10.2. The zero-order valence-corrected chi connectivity index (χ0v) is 11.4. The Bertz CT molecular complexity index is 660. The van der Waals surface area contributed by atoms with Gasteiger partial charge in [0.1, 0.15) is 4.32 Å². The van der Waals surface area contributed by atoms with Crippen molar-refractivity contribution in [1.82, 2.24) is 14.9 Å². The summed E-state index contributed by atoms with van der Waals surface area (Å²) in [4.78, 5) is 16.2. The van der Waals surface area contributed by atoms with Crippen molar-refractivity contribution < 1.29 is 4.79 Å². The van der Waals surface area contributed by atoms with Gasteiger partial charge in [-0.2, -0.15) is 0 Å². The topological polar surface area (TPSA) is 46.9 Å². The van der Waals surface area contributed by atoms with Gasteiger partial charge in [0.2, 0.25) is 0 Å². The van der Waals surface area contributed by atoms with E-state index in [2.05, 4.69) is 10.3 Å². The average molecular weight is 287 g/mol. The largest absolute Gasteiger partial charge is 0.307 e. The number of hydrogen-bond donors (Lipinski definition) is 1. The quantitative estimate of drug-likeness (QED) is 0.680. The summed E-state index contributed by atoms with van der Waals surface area (Å²) in [5.41, 5.74) is 1.99. The lowest BCUT2D eigenvalue weighted by molar-refractivity contribution is -0.115. The molecule has 1 fully saturated rings. The minimum absolute atomic E-state index is 0.131. The van der Waals surface area contributed by atoms with Crippen molar-refractivity contribution in [2.24, 2.45) is 0 Å². The highest BCUT2D eigenvalue weighted by Crippen LogP contribution is 2.26. The van der Waals surface area contributed by atoms with Crippen LogP contribution < -0.4 is 5.32 Å². The molecule has 0 unspecified atom stereocenters. The third-order valence-corrected chi connectivity index (χ3v) is 3.80. The Balaban J connectivity index is 1.86. The van der Waals surface area contributed by atoms with Gasteiger partial charge in [-0.1, -0.05) is 36.1 Å². The molecule has 1 amide bonds. The summed E-state index contributed by atoms with van der Waals surface area (Å²) < 4.78 is 2.43. The number of benzene rings is 1. The van der Waals surface area contributed by atoms with Gasteiger partial charge in [0.15, 0.2) is 0 Å². The van der Waals surface area contributed by atoms with Crippen LogP contribution in [0, 0.1) is 0 Å². The van der Waals surface area contributed by atoms with Crippen molar-refractivity contribution in [2.45, 2.75) is 0 Å². The number of carbonyl (C=O) groups is 1. The number of aromatic nitrogens is 2. The van der Waals surface area contributed by atoms with Gasteiger partial charge in [0, 0.05) is 18.1 Å². The molecular weight excluding hydrogens is 278 g/mol. The van der Waals surface area contributed by atoms with Crippen LogP contribution in [0.5, 0.6) is 0 Å². The van der Waals surface area contributed by atoms with Crippen LogP contribution in [0.4, 0.5) is 0 Å². The number of nitrogens with one attached hydrogen (secondary N) is 1. The molecule has 0 bridgehead atoms. The number of amides is 1. The number of carbonyl (C=O) groups excluding carboxylic acids is 1. The summed E-state index contributed by atoms with van der Waals surface area (Å²) in [7, 11) is 0. The Morgan fingerprint density at radius 2 is 2.11 bits per heavy atom. The normalized spacial score (nSPS) is 16.9. The second-order valence-corrected chi connectivity index (χ2v) is 5.63. The van der Waals surface area contributed by atoms with E-state index in [4.69, 9.17) is 12.2 Å². The average Bonchev–Trinajstić information content (AvgIpc) is 3.01. The van der Waals surface area contributed by atoms with E-state index in [1.54, 1.807) is 12.5 Å². The van der Waals surface area contributed by atoms with Crippen LogP contribution in [-0.2, 0) is 4.79 Å². The highest BCUT2D eigenvalue weighted by Gasteiger charge is 2.21. The van der Waals surface area contributed by atoms with Crippen molar-refractivity contribution in [2.75, 3.05) is 0 Å². The zero-order chi connectivity index (χ0) is 13.2. The second-order valence-electron chi connectivity index (χ2n) is 3.91. The van der Waals surface area contributed by atoms with Gasteiger partial charge in [-0.15, -0.1) is 0 Å². The molecule has 1 aromatic heterocycles. The summed E-state index contributed by atoms with van der Waals surface area (Å²) >= 11 is 6.23. The van der Waals surface area contributed by atoms with Crippen molar-refractivity contribution >= 4 is 40.3 Å². The molecule has 0 aliphatic carbocycles. The number of rotatable bonds is 2. The second kappa shape index (κ2) is 4.99. The Morgan fingerprint density at radius 1 is 1.32 bits per heavy atom. The first-order valence-electron chi connectivity index (χ1n) is 5.55. The number of imidazole rings is 1. The molecule has 0 spiro atoms. The third kappa shape index (κ3) is 2.59. The fraction of sp³-hybridized carbons (Fsp3) is 0. The molecule has 2 aromatic rings. The minimum atomic E-state index is -0.131. The molecule has 1 aliphatic rings. The molecule has 6 heteroatoms. The highest BCUT2D eigenvalue weighted by atomic mass is 32.2. The van der Waals surface area contributed by atoms with Crippen LogP contribution in [0.25, 0.3) is 11.8 Å². The van der Waals surface area contributed by atoms with E-state index in [1.165, 1.54) is 11.8 Å². The van der Waals surface area contributed by atoms with Crippen LogP contribution >= 0.6 is 24.0 Å². The predicted molar refractivity (Wildman–Crippen MR) is 79.9 cm³/mol. The molecule has 94 valence electrons.